The van der Waals surface area contributed by atoms with Crippen LogP contribution in [0.1, 0.15) is 48.0 Å². The van der Waals surface area contributed by atoms with Crippen LogP contribution in [0, 0.1) is 13.8 Å². The van der Waals surface area contributed by atoms with Gasteiger partial charge in [-0.2, -0.15) is 0 Å². The van der Waals surface area contributed by atoms with E-state index in [0.717, 1.165) is 28.1 Å². The lowest BCUT2D eigenvalue weighted by atomic mass is 9.93. The van der Waals surface area contributed by atoms with Crippen molar-refractivity contribution in [2.24, 2.45) is 12.0 Å². The molecule has 0 fully saturated rings. The zero-order valence-corrected chi connectivity index (χ0v) is 23.5. The number of ether oxygens (including phenoxy) is 2. The average molecular weight is 542 g/mol. The first-order valence-corrected chi connectivity index (χ1v) is 13.8. The Bertz CT molecular complexity index is 1740. The summed E-state index contributed by atoms with van der Waals surface area (Å²) >= 11 is 1.32. The van der Waals surface area contributed by atoms with Gasteiger partial charge < -0.3 is 14.0 Å². The lowest BCUT2D eigenvalue weighted by Gasteiger charge is -2.26. The van der Waals surface area contributed by atoms with E-state index < -0.39 is 12.0 Å². The third-order valence-electron chi connectivity index (χ3n) is 6.98. The fourth-order valence-electron chi connectivity index (χ4n) is 4.84. The number of thiazole rings is 1. The maximum Gasteiger partial charge on any atom is 0.338 e. The summed E-state index contributed by atoms with van der Waals surface area (Å²) in [5, 5.41) is 0. The summed E-state index contributed by atoms with van der Waals surface area (Å²) in [6.45, 7) is 8.51. The van der Waals surface area contributed by atoms with Gasteiger partial charge in [-0.15, -0.1) is 0 Å². The second kappa shape index (κ2) is 10.9. The van der Waals surface area contributed by atoms with Crippen molar-refractivity contribution in [3.05, 3.63) is 114 Å². The van der Waals surface area contributed by atoms with E-state index in [1.54, 1.807) is 11.5 Å². The maximum absolute atomic E-state index is 14.0. The van der Waals surface area contributed by atoms with Crippen LogP contribution >= 0.6 is 11.3 Å². The third kappa shape index (κ3) is 4.88. The molecular formula is C31H31N3O4S. The van der Waals surface area contributed by atoms with Crippen LogP contribution < -0.4 is 19.6 Å². The van der Waals surface area contributed by atoms with Gasteiger partial charge in [0.15, 0.2) is 4.80 Å². The summed E-state index contributed by atoms with van der Waals surface area (Å²) in [5.41, 5.74) is 5.34. The first-order valence-electron chi connectivity index (χ1n) is 13.0. The van der Waals surface area contributed by atoms with E-state index in [2.05, 4.69) is 10.6 Å². The number of hydrogen-bond acceptors (Lipinski definition) is 6. The summed E-state index contributed by atoms with van der Waals surface area (Å²) < 4.78 is 15.4. The molecule has 0 saturated carbocycles. The van der Waals surface area contributed by atoms with Crippen molar-refractivity contribution in [1.82, 2.24) is 9.13 Å². The average Bonchev–Trinajstić information content (AvgIpc) is 3.38. The van der Waals surface area contributed by atoms with Crippen LogP contribution in [-0.2, 0) is 16.6 Å². The first kappa shape index (κ1) is 26.4. The predicted octanol–water partition coefficient (Wildman–Crippen LogP) is 4.29. The standard InChI is InChI=1S/C31H31N3O4S/c1-6-37-24-15-13-22(14-16-24)28-26(30(36)38-7-2)27(21-11-9-8-10-12-21)32-31-34(28)29(35)25(39-31)18-23-17-19(3)33(5)20(23)4/h8-18,28H,6-7H2,1-5H3/b25-18+/t28-/m1/s1. The molecule has 0 saturated heterocycles. The van der Waals surface area contributed by atoms with Crippen molar-refractivity contribution in [1.29, 1.82) is 0 Å². The van der Waals surface area contributed by atoms with Gasteiger partial charge in [0.1, 0.15) is 5.75 Å². The molecule has 0 radical (unpaired) electrons. The van der Waals surface area contributed by atoms with E-state index in [0.29, 0.717) is 33.0 Å². The first-order chi connectivity index (χ1) is 18.8. The molecule has 2 aromatic heterocycles. The highest BCUT2D eigenvalue weighted by Gasteiger charge is 2.35. The molecule has 1 aliphatic rings. The van der Waals surface area contributed by atoms with Gasteiger partial charge in [-0.1, -0.05) is 53.8 Å². The second-order valence-electron chi connectivity index (χ2n) is 9.32. The molecule has 0 N–H and O–H groups in total. The van der Waals surface area contributed by atoms with Gasteiger partial charge in [0.2, 0.25) is 0 Å². The van der Waals surface area contributed by atoms with Crippen LogP contribution in [-0.4, -0.2) is 28.3 Å². The highest BCUT2D eigenvalue weighted by atomic mass is 32.1. The topological polar surface area (TPSA) is 74.8 Å². The van der Waals surface area contributed by atoms with Crippen LogP contribution in [0.3, 0.4) is 0 Å². The smallest absolute Gasteiger partial charge is 0.338 e. The molecular weight excluding hydrogens is 510 g/mol. The van der Waals surface area contributed by atoms with Crippen LogP contribution in [0.4, 0.5) is 0 Å². The Labute approximate surface area is 231 Å². The van der Waals surface area contributed by atoms with Gasteiger partial charge in [-0.3, -0.25) is 9.36 Å². The zero-order valence-electron chi connectivity index (χ0n) is 22.7. The van der Waals surface area contributed by atoms with E-state index in [1.165, 1.54) is 11.3 Å². The number of carbonyl (C=O) groups excluding carboxylic acids is 1. The van der Waals surface area contributed by atoms with Gasteiger partial charge in [0, 0.05) is 24.0 Å². The molecule has 1 atom stereocenters. The van der Waals surface area contributed by atoms with Crippen molar-refractivity contribution >= 4 is 29.1 Å². The molecule has 0 spiro atoms. The summed E-state index contributed by atoms with van der Waals surface area (Å²) in [4.78, 5) is 33.0. The minimum Gasteiger partial charge on any atom is -0.494 e. The molecule has 0 aliphatic carbocycles. The molecule has 7 nitrogen and oxygen atoms in total. The highest BCUT2D eigenvalue weighted by molar-refractivity contribution is 7.07. The molecule has 2 aromatic carbocycles. The molecule has 4 aromatic rings. The normalized spacial score (nSPS) is 15.2. The summed E-state index contributed by atoms with van der Waals surface area (Å²) in [5.74, 6) is 0.219. The number of carbonyl (C=O) groups is 1. The molecule has 8 heteroatoms. The Kier molecular flexibility index (Phi) is 7.39. The molecule has 39 heavy (non-hydrogen) atoms. The number of aryl methyl sites for hydroxylation is 1. The van der Waals surface area contributed by atoms with Crippen molar-refractivity contribution in [2.45, 2.75) is 33.7 Å². The lowest BCUT2D eigenvalue weighted by molar-refractivity contribution is -0.138. The molecule has 0 amide bonds. The molecule has 0 unspecified atom stereocenters. The minimum absolute atomic E-state index is 0.201. The molecule has 1 aliphatic heterocycles. The number of fused-ring (bicyclic) bond motifs is 1. The SMILES string of the molecule is CCOC(=O)C1=C(c2ccccc2)N=c2s/c(=C/c3cc(C)n(C)c3C)c(=O)n2[C@@H]1c1ccc(OCC)cc1. The van der Waals surface area contributed by atoms with Crippen molar-refractivity contribution in [2.75, 3.05) is 13.2 Å². The fourth-order valence-corrected chi connectivity index (χ4v) is 5.83. The lowest BCUT2D eigenvalue weighted by Crippen LogP contribution is -2.40. The fraction of sp³-hybridized carbons (Fsp3) is 0.258. The Hall–Kier alpha value is -4.17. The van der Waals surface area contributed by atoms with Crippen LogP contribution in [0.25, 0.3) is 11.8 Å². The number of hydrogen-bond donors (Lipinski definition) is 0. The largest absolute Gasteiger partial charge is 0.494 e. The quantitative estimate of drug-likeness (QED) is 0.327. The Morgan fingerprint density at radius 1 is 1.05 bits per heavy atom. The summed E-state index contributed by atoms with van der Waals surface area (Å²) in [7, 11) is 2.01. The number of nitrogens with zero attached hydrogens (tertiary/aromatic N) is 3. The predicted molar refractivity (Wildman–Crippen MR) is 154 cm³/mol. The Morgan fingerprint density at radius 3 is 2.38 bits per heavy atom. The van der Waals surface area contributed by atoms with Crippen molar-refractivity contribution in [3.63, 3.8) is 0 Å². The maximum atomic E-state index is 14.0. The van der Waals surface area contributed by atoms with Gasteiger partial charge in [-0.05, 0) is 63.1 Å². The number of aromatic nitrogens is 2. The monoisotopic (exact) mass is 541 g/mol. The van der Waals surface area contributed by atoms with Crippen molar-refractivity contribution < 1.29 is 14.3 Å². The van der Waals surface area contributed by atoms with Gasteiger partial charge in [0.25, 0.3) is 5.56 Å². The summed E-state index contributed by atoms with van der Waals surface area (Å²) in [6, 6.07) is 18.4. The van der Waals surface area contributed by atoms with E-state index >= 15 is 0 Å². The summed E-state index contributed by atoms with van der Waals surface area (Å²) in [6.07, 6.45) is 1.91. The van der Waals surface area contributed by atoms with E-state index in [9.17, 15) is 9.59 Å². The van der Waals surface area contributed by atoms with Crippen LogP contribution in [0.2, 0.25) is 0 Å². The van der Waals surface area contributed by atoms with Gasteiger partial charge in [0.05, 0.1) is 35.1 Å². The minimum atomic E-state index is -0.716. The van der Waals surface area contributed by atoms with Crippen molar-refractivity contribution in [3.8, 4) is 5.75 Å². The van der Waals surface area contributed by atoms with Crippen LogP contribution in [0.15, 0.2) is 76.0 Å². The number of benzene rings is 2. The Balaban J connectivity index is 1.81. The number of esters is 1. The Morgan fingerprint density at radius 2 is 1.77 bits per heavy atom. The van der Waals surface area contributed by atoms with E-state index in [4.69, 9.17) is 14.5 Å². The van der Waals surface area contributed by atoms with E-state index in [-0.39, 0.29) is 12.2 Å². The molecule has 5 rings (SSSR count). The highest BCUT2D eigenvalue weighted by Crippen LogP contribution is 2.35. The van der Waals surface area contributed by atoms with Gasteiger partial charge >= 0.3 is 5.97 Å². The molecule has 3 heterocycles. The van der Waals surface area contributed by atoms with Crippen LogP contribution in [0.5, 0.6) is 5.75 Å². The molecule has 200 valence electrons. The molecule has 0 bridgehead atoms. The zero-order chi connectivity index (χ0) is 27.7. The van der Waals surface area contributed by atoms with Gasteiger partial charge in [-0.25, -0.2) is 9.79 Å². The van der Waals surface area contributed by atoms with E-state index in [1.807, 2.05) is 88.5 Å². The second-order valence-corrected chi connectivity index (χ2v) is 10.3. The number of rotatable bonds is 7. The third-order valence-corrected chi connectivity index (χ3v) is 7.96.